The molecule has 0 unspecified atom stereocenters. The smallest absolute Gasteiger partial charge is 0.131 e. The molecule has 1 aromatic carbocycles. The summed E-state index contributed by atoms with van der Waals surface area (Å²) >= 11 is 0. The molecule has 0 aliphatic heterocycles. The highest BCUT2D eigenvalue weighted by Crippen LogP contribution is 2.18. The number of rotatable bonds is 5. The Labute approximate surface area is 117 Å². The summed E-state index contributed by atoms with van der Waals surface area (Å²) in [5.74, 6) is 0.815. The van der Waals surface area contributed by atoms with Crippen LogP contribution in [0.25, 0.3) is 10.9 Å². The van der Waals surface area contributed by atoms with Gasteiger partial charge in [0, 0.05) is 18.7 Å². The molecular formula is C15H16N4O. The van der Waals surface area contributed by atoms with Crippen molar-refractivity contribution in [1.82, 2.24) is 14.8 Å². The normalized spacial score (nSPS) is 10.8. The molecule has 0 aliphatic carbocycles. The molecule has 20 heavy (non-hydrogen) atoms. The molecule has 0 aliphatic rings. The van der Waals surface area contributed by atoms with Crippen LogP contribution >= 0.6 is 0 Å². The van der Waals surface area contributed by atoms with Crippen molar-refractivity contribution in [2.45, 2.75) is 6.54 Å². The molecule has 1 N–H and O–H groups in total. The molecule has 0 bridgehead atoms. The highest BCUT2D eigenvalue weighted by Gasteiger charge is 2.01. The van der Waals surface area contributed by atoms with Crippen molar-refractivity contribution < 1.29 is 4.74 Å². The molecule has 0 saturated heterocycles. The lowest BCUT2D eigenvalue weighted by molar-refractivity contribution is 0.183. The van der Waals surface area contributed by atoms with Gasteiger partial charge < -0.3 is 10.1 Å². The number of nitrogens with one attached hydrogen (secondary N) is 1. The van der Waals surface area contributed by atoms with Crippen molar-refractivity contribution in [3.8, 4) is 0 Å². The summed E-state index contributed by atoms with van der Waals surface area (Å²) in [7, 11) is 1.68. The third-order valence-electron chi connectivity index (χ3n) is 3.03. The highest BCUT2D eigenvalue weighted by molar-refractivity contribution is 5.80. The molecular weight excluding hydrogens is 252 g/mol. The Bertz CT molecular complexity index is 708. The fraction of sp³-hybridized carbons (Fsp3) is 0.200. The fourth-order valence-corrected chi connectivity index (χ4v) is 2.02. The summed E-state index contributed by atoms with van der Waals surface area (Å²) in [4.78, 5) is 4.57. The van der Waals surface area contributed by atoms with Crippen LogP contribution in [0.15, 0.2) is 48.8 Å². The van der Waals surface area contributed by atoms with Crippen LogP contribution in [0.2, 0.25) is 0 Å². The standard InChI is InChI=1S/C15H16N4O/c1-20-9-8-19-11-13(10-16-19)17-15-7-6-12-4-2-3-5-14(12)18-15/h2-7,10-11H,8-9H2,1H3,(H,17,18). The lowest BCUT2D eigenvalue weighted by Crippen LogP contribution is -2.03. The number of pyridine rings is 1. The minimum absolute atomic E-state index is 0.648. The summed E-state index contributed by atoms with van der Waals surface area (Å²) < 4.78 is 6.87. The van der Waals surface area contributed by atoms with Gasteiger partial charge in [-0.25, -0.2) is 4.98 Å². The molecule has 3 aromatic rings. The van der Waals surface area contributed by atoms with Gasteiger partial charge in [0.05, 0.1) is 30.6 Å². The van der Waals surface area contributed by atoms with Crippen LogP contribution in [0.5, 0.6) is 0 Å². The first-order valence-electron chi connectivity index (χ1n) is 6.49. The Morgan fingerprint density at radius 2 is 2.10 bits per heavy atom. The van der Waals surface area contributed by atoms with Crippen LogP contribution in [0.3, 0.4) is 0 Å². The van der Waals surface area contributed by atoms with Crippen molar-refractivity contribution in [3.05, 3.63) is 48.8 Å². The second-order valence-electron chi connectivity index (χ2n) is 4.50. The Balaban J connectivity index is 1.76. The first-order valence-corrected chi connectivity index (χ1v) is 6.49. The molecule has 2 aromatic heterocycles. The predicted molar refractivity (Wildman–Crippen MR) is 79.1 cm³/mol. The van der Waals surface area contributed by atoms with Gasteiger partial charge in [0.1, 0.15) is 5.82 Å². The second-order valence-corrected chi connectivity index (χ2v) is 4.50. The van der Waals surface area contributed by atoms with Gasteiger partial charge >= 0.3 is 0 Å². The van der Waals surface area contributed by atoms with E-state index in [4.69, 9.17) is 4.74 Å². The van der Waals surface area contributed by atoms with E-state index in [1.54, 1.807) is 13.3 Å². The number of ether oxygens (including phenoxy) is 1. The van der Waals surface area contributed by atoms with E-state index in [-0.39, 0.29) is 0 Å². The molecule has 0 saturated carbocycles. The average molecular weight is 268 g/mol. The Hall–Kier alpha value is -2.40. The van der Waals surface area contributed by atoms with Gasteiger partial charge in [-0.05, 0) is 18.2 Å². The van der Waals surface area contributed by atoms with Gasteiger partial charge in [-0.1, -0.05) is 18.2 Å². The number of para-hydroxylation sites is 1. The van der Waals surface area contributed by atoms with E-state index in [1.807, 2.05) is 35.1 Å². The molecule has 2 heterocycles. The van der Waals surface area contributed by atoms with Gasteiger partial charge in [0.15, 0.2) is 0 Å². The summed E-state index contributed by atoms with van der Waals surface area (Å²) in [6, 6.07) is 12.1. The van der Waals surface area contributed by atoms with Gasteiger partial charge in [-0.3, -0.25) is 4.68 Å². The van der Waals surface area contributed by atoms with E-state index in [2.05, 4.69) is 27.5 Å². The van der Waals surface area contributed by atoms with Crippen LogP contribution < -0.4 is 5.32 Å². The molecule has 5 heteroatoms. The third-order valence-corrected chi connectivity index (χ3v) is 3.03. The number of nitrogens with zero attached hydrogens (tertiary/aromatic N) is 3. The summed E-state index contributed by atoms with van der Waals surface area (Å²) in [6.45, 7) is 1.39. The number of hydrogen-bond donors (Lipinski definition) is 1. The van der Waals surface area contributed by atoms with Crippen LogP contribution in [0.1, 0.15) is 0 Å². The molecule has 0 radical (unpaired) electrons. The Kier molecular flexibility index (Phi) is 3.60. The highest BCUT2D eigenvalue weighted by atomic mass is 16.5. The fourth-order valence-electron chi connectivity index (χ4n) is 2.02. The summed E-state index contributed by atoms with van der Waals surface area (Å²) in [5, 5.41) is 8.65. The maximum atomic E-state index is 5.03. The molecule has 5 nitrogen and oxygen atoms in total. The van der Waals surface area contributed by atoms with E-state index >= 15 is 0 Å². The van der Waals surface area contributed by atoms with Crippen LogP contribution in [-0.4, -0.2) is 28.5 Å². The van der Waals surface area contributed by atoms with Gasteiger partial charge in [0.25, 0.3) is 0 Å². The predicted octanol–water partition coefficient (Wildman–Crippen LogP) is 2.82. The van der Waals surface area contributed by atoms with Crippen molar-refractivity contribution >= 4 is 22.4 Å². The number of benzene rings is 1. The number of methoxy groups -OCH3 is 1. The van der Waals surface area contributed by atoms with Crippen molar-refractivity contribution in [1.29, 1.82) is 0 Å². The largest absolute Gasteiger partial charge is 0.383 e. The molecule has 0 spiro atoms. The van der Waals surface area contributed by atoms with E-state index in [9.17, 15) is 0 Å². The van der Waals surface area contributed by atoms with E-state index in [0.717, 1.165) is 29.0 Å². The van der Waals surface area contributed by atoms with E-state index in [0.29, 0.717) is 6.61 Å². The van der Waals surface area contributed by atoms with Gasteiger partial charge in [-0.15, -0.1) is 0 Å². The first kappa shape index (κ1) is 12.6. The maximum absolute atomic E-state index is 5.03. The zero-order valence-corrected chi connectivity index (χ0v) is 11.3. The van der Waals surface area contributed by atoms with E-state index in [1.165, 1.54) is 0 Å². The minimum atomic E-state index is 0.648. The Morgan fingerprint density at radius 3 is 3.00 bits per heavy atom. The molecule has 0 amide bonds. The van der Waals surface area contributed by atoms with Gasteiger partial charge in [0.2, 0.25) is 0 Å². The van der Waals surface area contributed by atoms with Crippen LogP contribution in [-0.2, 0) is 11.3 Å². The zero-order valence-electron chi connectivity index (χ0n) is 11.3. The van der Waals surface area contributed by atoms with Crippen molar-refractivity contribution in [2.24, 2.45) is 0 Å². The second kappa shape index (κ2) is 5.71. The summed E-state index contributed by atoms with van der Waals surface area (Å²) in [5.41, 5.74) is 1.90. The lowest BCUT2D eigenvalue weighted by Gasteiger charge is -2.04. The Morgan fingerprint density at radius 1 is 1.20 bits per heavy atom. The monoisotopic (exact) mass is 268 g/mol. The number of aromatic nitrogens is 3. The zero-order chi connectivity index (χ0) is 13.8. The van der Waals surface area contributed by atoms with Crippen LogP contribution in [0, 0.1) is 0 Å². The first-order chi connectivity index (χ1) is 9.85. The van der Waals surface area contributed by atoms with Gasteiger partial charge in [-0.2, -0.15) is 5.10 Å². The molecule has 3 rings (SSSR count). The number of anilines is 2. The third kappa shape index (κ3) is 2.78. The van der Waals surface area contributed by atoms with Crippen molar-refractivity contribution in [2.75, 3.05) is 19.0 Å². The average Bonchev–Trinajstić information content (AvgIpc) is 2.92. The maximum Gasteiger partial charge on any atom is 0.131 e. The SMILES string of the molecule is COCCn1cc(Nc2ccc3ccccc3n2)cn1. The molecule has 0 fully saturated rings. The molecule has 0 atom stereocenters. The van der Waals surface area contributed by atoms with Crippen molar-refractivity contribution in [3.63, 3.8) is 0 Å². The quantitative estimate of drug-likeness (QED) is 0.773. The topological polar surface area (TPSA) is 52.0 Å². The van der Waals surface area contributed by atoms with E-state index < -0.39 is 0 Å². The lowest BCUT2D eigenvalue weighted by atomic mass is 10.2. The number of hydrogen-bond acceptors (Lipinski definition) is 4. The molecule has 102 valence electrons. The summed E-state index contributed by atoms with van der Waals surface area (Å²) in [6.07, 6.45) is 3.72. The number of fused-ring (bicyclic) bond motifs is 1. The van der Waals surface area contributed by atoms with Crippen LogP contribution in [0.4, 0.5) is 11.5 Å². The minimum Gasteiger partial charge on any atom is -0.383 e.